The van der Waals surface area contributed by atoms with Crippen LogP contribution < -0.4 is 10.6 Å². The summed E-state index contributed by atoms with van der Waals surface area (Å²) in [5.41, 5.74) is 0. The Bertz CT molecular complexity index is 314. The quantitative estimate of drug-likeness (QED) is 0.356. The van der Waals surface area contributed by atoms with Gasteiger partial charge in [0.1, 0.15) is 5.78 Å². The summed E-state index contributed by atoms with van der Waals surface area (Å²) in [6.07, 6.45) is 3.27. The van der Waals surface area contributed by atoms with E-state index in [4.69, 9.17) is 14.2 Å². The number of carbonyl (C=O) groups is 2. The van der Waals surface area contributed by atoms with Gasteiger partial charge in [-0.1, -0.05) is 13.8 Å². The molecule has 0 radical (unpaired) electrons. The van der Waals surface area contributed by atoms with Crippen LogP contribution in [0.2, 0.25) is 0 Å². The Labute approximate surface area is 159 Å². The van der Waals surface area contributed by atoms with E-state index < -0.39 is 0 Å². The van der Waals surface area contributed by atoms with Crippen molar-refractivity contribution in [1.82, 2.24) is 10.6 Å². The van der Waals surface area contributed by atoms with Gasteiger partial charge in [0.15, 0.2) is 0 Å². The molecule has 0 rings (SSSR count). The minimum atomic E-state index is -0.00528. The summed E-state index contributed by atoms with van der Waals surface area (Å²) in [4.78, 5) is 22.2. The zero-order valence-corrected chi connectivity index (χ0v) is 17.2. The summed E-state index contributed by atoms with van der Waals surface area (Å²) in [6.45, 7) is 10.7. The summed E-state index contributed by atoms with van der Waals surface area (Å²) in [5.74, 6) is 0.119. The number of nitrogens with one attached hydrogen (secondary N) is 2. The lowest BCUT2D eigenvalue weighted by atomic mass is 10.2. The van der Waals surface area contributed by atoms with Gasteiger partial charge >= 0.3 is 0 Å². The fourth-order valence-electron chi connectivity index (χ4n) is 1.88. The third-order valence-corrected chi connectivity index (χ3v) is 3.18. The zero-order chi connectivity index (χ0) is 19.9. The van der Waals surface area contributed by atoms with E-state index in [1.54, 1.807) is 0 Å². The molecule has 26 heavy (non-hydrogen) atoms. The molecule has 0 aromatic rings. The number of rotatable bonds is 18. The Morgan fingerprint density at radius 2 is 1.23 bits per heavy atom. The Balaban J connectivity index is 0. The van der Waals surface area contributed by atoms with Crippen LogP contribution in [0.5, 0.6) is 0 Å². The standard InChI is InChI=1S/C17H34N2O5.C2H6/c1-16(20)6-3-7-17(21)19-9-5-11-23-13-15-24-14-12-22-10-4-8-18-2;1-2/h18H,3-15H2,1-2H3,(H,19,21);1-2H3. The first-order chi connectivity index (χ1) is 12.7. The highest BCUT2D eigenvalue weighted by atomic mass is 16.5. The van der Waals surface area contributed by atoms with Crippen molar-refractivity contribution >= 4 is 11.7 Å². The van der Waals surface area contributed by atoms with Gasteiger partial charge in [0, 0.05) is 32.6 Å². The Kier molecular flexibility index (Phi) is 25.1. The first-order valence-electron chi connectivity index (χ1n) is 9.80. The second-order valence-electron chi connectivity index (χ2n) is 5.55. The second-order valence-corrected chi connectivity index (χ2v) is 5.55. The summed E-state index contributed by atoms with van der Waals surface area (Å²) in [6, 6.07) is 0. The molecule has 0 unspecified atom stereocenters. The monoisotopic (exact) mass is 376 g/mol. The molecular weight excluding hydrogens is 336 g/mol. The van der Waals surface area contributed by atoms with Crippen molar-refractivity contribution in [1.29, 1.82) is 0 Å². The fourth-order valence-corrected chi connectivity index (χ4v) is 1.88. The first-order valence-corrected chi connectivity index (χ1v) is 9.80. The molecule has 0 fully saturated rings. The maximum atomic E-state index is 11.4. The highest BCUT2D eigenvalue weighted by Gasteiger charge is 2.01. The number of ether oxygens (including phenoxy) is 3. The Morgan fingerprint density at radius 1 is 0.731 bits per heavy atom. The van der Waals surface area contributed by atoms with Crippen LogP contribution in [-0.2, 0) is 23.8 Å². The van der Waals surface area contributed by atoms with Gasteiger partial charge in [0.2, 0.25) is 5.91 Å². The molecule has 0 heterocycles. The maximum absolute atomic E-state index is 11.4. The summed E-state index contributed by atoms with van der Waals surface area (Å²) in [5, 5.41) is 5.88. The van der Waals surface area contributed by atoms with Gasteiger partial charge in [-0.2, -0.15) is 0 Å². The number of Topliss-reactive ketones (excluding diaryl/α,β-unsaturated/α-hetero) is 1. The van der Waals surface area contributed by atoms with E-state index in [1.807, 2.05) is 20.9 Å². The van der Waals surface area contributed by atoms with Crippen molar-refractivity contribution in [2.75, 3.05) is 59.8 Å². The third kappa shape index (κ3) is 25.2. The first kappa shape index (κ1) is 27.2. The third-order valence-electron chi connectivity index (χ3n) is 3.18. The van der Waals surface area contributed by atoms with Gasteiger partial charge in [-0.15, -0.1) is 0 Å². The molecule has 0 atom stereocenters. The number of amides is 1. The molecule has 0 aliphatic heterocycles. The molecule has 0 aliphatic rings. The summed E-state index contributed by atoms with van der Waals surface area (Å²) < 4.78 is 16.2. The van der Waals surface area contributed by atoms with E-state index in [-0.39, 0.29) is 11.7 Å². The molecule has 0 aromatic heterocycles. The van der Waals surface area contributed by atoms with Gasteiger partial charge in [-0.25, -0.2) is 0 Å². The lowest BCUT2D eigenvalue weighted by Crippen LogP contribution is -2.25. The van der Waals surface area contributed by atoms with Crippen LogP contribution in [0.3, 0.4) is 0 Å². The molecule has 0 aromatic carbocycles. The molecule has 0 saturated carbocycles. The molecule has 156 valence electrons. The van der Waals surface area contributed by atoms with Crippen molar-refractivity contribution in [2.45, 2.75) is 52.9 Å². The average molecular weight is 377 g/mol. The predicted molar refractivity (Wildman–Crippen MR) is 105 cm³/mol. The lowest BCUT2D eigenvalue weighted by Gasteiger charge is -2.07. The van der Waals surface area contributed by atoms with Crippen LogP contribution in [0, 0.1) is 0 Å². The van der Waals surface area contributed by atoms with E-state index in [9.17, 15) is 9.59 Å². The fraction of sp³-hybridized carbons (Fsp3) is 0.895. The molecule has 2 N–H and O–H groups in total. The molecule has 0 aliphatic carbocycles. The molecular formula is C19H40N2O5. The van der Waals surface area contributed by atoms with Crippen LogP contribution in [-0.4, -0.2) is 71.5 Å². The van der Waals surface area contributed by atoms with E-state index in [0.29, 0.717) is 58.8 Å². The minimum absolute atomic E-state index is 0.00528. The van der Waals surface area contributed by atoms with Crippen LogP contribution >= 0.6 is 0 Å². The van der Waals surface area contributed by atoms with Crippen molar-refractivity contribution in [3.8, 4) is 0 Å². The molecule has 0 spiro atoms. The lowest BCUT2D eigenvalue weighted by molar-refractivity contribution is -0.121. The van der Waals surface area contributed by atoms with Gasteiger partial charge in [-0.05, 0) is 39.8 Å². The van der Waals surface area contributed by atoms with Crippen molar-refractivity contribution < 1.29 is 23.8 Å². The number of ketones is 1. The van der Waals surface area contributed by atoms with Gasteiger partial charge in [0.25, 0.3) is 0 Å². The second kappa shape index (κ2) is 24.0. The molecule has 1 amide bonds. The summed E-state index contributed by atoms with van der Waals surface area (Å²) in [7, 11) is 1.92. The van der Waals surface area contributed by atoms with E-state index in [1.165, 1.54) is 6.92 Å². The minimum Gasteiger partial charge on any atom is -0.379 e. The number of hydrogen-bond donors (Lipinski definition) is 2. The SMILES string of the molecule is CC.CNCCCOCCOCCOCCCNC(=O)CCCC(C)=O. The topological polar surface area (TPSA) is 85.9 Å². The maximum Gasteiger partial charge on any atom is 0.220 e. The number of carbonyl (C=O) groups excluding carboxylic acids is 2. The van der Waals surface area contributed by atoms with Crippen molar-refractivity contribution in [2.24, 2.45) is 0 Å². The van der Waals surface area contributed by atoms with Crippen molar-refractivity contribution in [3.63, 3.8) is 0 Å². The molecule has 0 saturated heterocycles. The Hall–Kier alpha value is -1.02. The highest BCUT2D eigenvalue weighted by molar-refractivity contribution is 5.78. The van der Waals surface area contributed by atoms with Gasteiger partial charge in [0.05, 0.1) is 26.4 Å². The molecule has 7 heteroatoms. The van der Waals surface area contributed by atoms with Gasteiger partial charge < -0.3 is 29.6 Å². The highest BCUT2D eigenvalue weighted by Crippen LogP contribution is 1.96. The van der Waals surface area contributed by atoms with Crippen LogP contribution in [0.25, 0.3) is 0 Å². The van der Waals surface area contributed by atoms with E-state index >= 15 is 0 Å². The average Bonchev–Trinajstić information content (AvgIpc) is 2.63. The van der Waals surface area contributed by atoms with Gasteiger partial charge in [-0.3, -0.25) is 4.79 Å². The number of hydrogen-bond acceptors (Lipinski definition) is 6. The Morgan fingerprint density at radius 3 is 1.73 bits per heavy atom. The van der Waals surface area contributed by atoms with Crippen LogP contribution in [0.15, 0.2) is 0 Å². The predicted octanol–water partition coefficient (Wildman–Crippen LogP) is 1.94. The van der Waals surface area contributed by atoms with E-state index in [2.05, 4.69) is 10.6 Å². The molecule has 7 nitrogen and oxygen atoms in total. The van der Waals surface area contributed by atoms with Crippen LogP contribution in [0.1, 0.15) is 52.9 Å². The molecule has 0 bridgehead atoms. The van der Waals surface area contributed by atoms with Crippen LogP contribution in [0.4, 0.5) is 0 Å². The summed E-state index contributed by atoms with van der Waals surface area (Å²) >= 11 is 0. The normalized spacial score (nSPS) is 10.2. The van der Waals surface area contributed by atoms with Crippen molar-refractivity contribution in [3.05, 3.63) is 0 Å². The zero-order valence-electron chi connectivity index (χ0n) is 17.2. The largest absolute Gasteiger partial charge is 0.379 e. The van der Waals surface area contributed by atoms with E-state index in [0.717, 1.165) is 26.0 Å². The smallest absolute Gasteiger partial charge is 0.220 e.